The van der Waals surface area contributed by atoms with Gasteiger partial charge in [-0.15, -0.1) is 0 Å². The van der Waals surface area contributed by atoms with Crippen LogP contribution in [0.2, 0.25) is 0 Å². The Labute approximate surface area is 82.4 Å². The lowest BCUT2D eigenvalue weighted by Gasteiger charge is -2.16. The van der Waals surface area contributed by atoms with Crippen molar-refractivity contribution in [3.63, 3.8) is 0 Å². The number of hydrogen-bond donors (Lipinski definition) is 2. The van der Waals surface area contributed by atoms with Gasteiger partial charge in [0.05, 0.1) is 0 Å². The van der Waals surface area contributed by atoms with Crippen molar-refractivity contribution in [2.75, 3.05) is 5.75 Å². The molecule has 4 heteroatoms. The number of allylic oxidation sites excluding steroid dienone is 1. The second-order valence-electron chi connectivity index (χ2n) is 3.18. The summed E-state index contributed by atoms with van der Waals surface area (Å²) in [5.41, 5.74) is 5.39. The summed E-state index contributed by atoms with van der Waals surface area (Å²) >= 11 is 1.64. The molecule has 13 heavy (non-hydrogen) atoms. The Balaban J connectivity index is 2.21. The molecule has 2 unspecified atom stereocenters. The lowest BCUT2D eigenvalue weighted by atomic mass is 10.1. The van der Waals surface area contributed by atoms with Gasteiger partial charge in [-0.1, -0.05) is 12.2 Å². The number of carbonyl (C=O) groups is 1. The Morgan fingerprint density at radius 1 is 1.77 bits per heavy atom. The van der Waals surface area contributed by atoms with Gasteiger partial charge in [-0.2, -0.15) is 11.8 Å². The molecular formula is C9H15NO2S. The van der Waals surface area contributed by atoms with Gasteiger partial charge in [0.2, 0.25) is 0 Å². The number of carboxylic acids is 1. The SMILES string of the molecule is NC(CSC1C=CCCC1)C(=O)O. The number of aliphatic carboxylic acids is 1. The molecule has 0 aromatic carbocycles. The molecule has 2 atom stereocenters. The van der Waals surface area contributed by atoms with Crippen LogP contribution < -0.4 is 5.73 Å². The van der Waals surface area contributed by atoms with Gasteiger partial charge in [0.25, 0.3) is 0 Å². The summed E-state index contributed by atoms with van der Waals surface area (Å²) in [6.45, 7) is 0. The monoisotopic (exact) mass is 201 g/mol. The largest absolute Gasteiger partial charge is 0.480 e. The first-order chi connectivity index (χ1) is 6.20. The highest BCUT2D eigenvalue weighted by atomic mass is 32.2. The molecular weight excluding hydrogens is 186 g/mol. The fraction of sp³-hybridized carbons (Fsp3) is 0.667. The number of nitrogens with two attached hydrogens (primary N) is 1. The molecule has 0 radical (unpaired) electrons. The molecule has 0 amide bonds. The van der Waals surface area contributed by atoms with Gasteiger partial charge in [0.1, 0.15) is 6.04 Å². The molecule has 0 spiro atoms. The normalized spacial score (nSPS) is 24.2. The first-order valence-corrected chi connectivity index (χ1v) is 5.51. The van der Waals surface area contributed by atoms with E-state index in [9.17, 15) is 4.79 Å². The van der Waals surface area contributed by atoms with Crippen molar-refractivity contribution < 1.29 is 9.90 Å². The van der Waals surface area contributed by atoms with Crippen molar-refractivity contribution in [1.82, 2.24) is 0 Å². The minimum Gasteiger partial charge on any atom is -0.480 e. The molecule has 1 aliphatic rings. The predicted molar refractivity (Wildman–Crippen MR) is 54.8 cm³/mol. The maximum atomic E-state index is 10.4. The molecule has 0 saturated carbocycles. The van der Waals surface area contributed by atoms with Crippen LogP contribution in [0.15, 0.2) is 12.2 Å². The smallest absolute Gasteiger partial charge is 0.321 e. The maximum Gasteiger partial charge on any atom is 0.321 e. The average molecular weight is 201 g/mol. The van der Waals surface area contributed by atoms with Crippen molar-refractivity contribution in [3.8, 4) is 0 Å². The summed E-state index contributed by atoms with van der Waals surface area (Å²) in [6.07, 6.45) is 7.82. The summed E-state index contributed by atoms with van der Waals surface area (Å²) in [4.78, 5) is 10.4. The third-order valence-corrected chi connectivity index (χ3v) is 3.39. The van der Waals surface area contributed by atoms with Gasteiger partial charge in [-0.3, -0.25) is 4.79 Å². The van der Waals surface area contributed by atoms with Crippen LogP contribution in [0.25, 0.3) is 0 Å². The van der Waals surface area contributed by atoms with Crippen LogP contribution in [-0.2, 0) is 4.79 Å². The van der Waals surface area contributed by atoms with Crippen molar-refractivity contribution >= 4 is 17.7 Å². The van der Waals surface area contributed by atoms with Gasteiger partial charge in [0, 0.05) is 11.0 Å². The van der Waals surface area contributed by atoms with Crippen LogP contribution in [0.3, 0.4) is 0 Å². The minimum atomic E-state index is -0.910. The summed E-state index contributed by atoms with van der Waals surface area (Å²) in [7, 11) is 0. The van der Waals surface area contributed by atoms with E-state index in [0.717, 1.165) is 12.8 Å². The van der Waals surface area contributed by atoms with Crippen molar-refractivity contribution in [2.24, 2.45) is 5.73 Å². The topological polar surface area (TPSA) is 63.3 Å². The highest BCUT2D eigenvalue weighted by molar-refractivity contribution is 8.00. The van der Waals surface area contributed by atoms with Crippen LogP contribution >= 0.6 is 11.8 Å². The van der Waals surface area contributed by atoms with E-state index in [1.165, 1.54) is 6.42 Å². The highest BCUT2D eigenvalue weighted by Gasteiger charge is 2.15. The molecule has 0 saturated heterocycles. The molecule has 1 aliphatic carbocycles. The molecule has 0 bridgehead atoms. The van der Waals surface area contributed by atoms with Gasteiger partial charge < -0.3 is 10.8 Å². The second kappa shape index (κ2) is 5.29. The third-order valence-electron chi connectivity index (χ3n) is 2.02. The van der Waals surface area contributed by atoms with Crippen LogP contribution in [-0.4, -0.2) is 28.1 Å². The molecule has 0 aromatic rings. The van der Waals surface area contributed by atoms with E-state index < -0.39 is 12.0 Å². The van der Waals surface area contributed by atoms with Crippen molar-refractivity contribution in [2.45, 2.75) is 30.6 Å². The van der Waals surface area contributed by atoms with E-state index in [0.29, 0.717) is 11.0 Å². The van der Waals surface area contributed by atoms with E-state index in [1.807, 2.05) is 0 Å². The van der Waals surface area contributed by atoms with Crippen LogP contribution in [0, 0.1) is 0 Å². The zero-order valence-electron chi connectivity index (χ0n) is 7.48. The number of thioether (sulfide) groups is 1. The van der Waals surface area contributed by atoms with E-state index in [4.69, 9.17) is 10.8 Å². The zero-order valence-corrected chi connectivity index (χ0v) is 8.30. The predicted octanol–water partition coefficient (Wildman–Crippen LogP) is 1.24. The Morgan fingerprint density at radius 2 is 2.54 bits per heavy atom. The van der Waals surface area contributed by atoms with Gasteiger partial charge >= 0.3 is 5.97 Å². The Kier molecular flexibility index (Phi) is 4.32. The minimum absolute atomic E-state index is 0.471. The van der Waals surface area contributed by atoms with Crippen LogP contribution in [0.1, 0.15) is 19.3 Å². The van der Waals surface area contributed by atoms with E-state index >= 15 is 0 Å². The van der Waals surface area contributed by atoms with Gasteiger partial charge in [-0.05, 0) is 19.3 Å². The Morgan fingerprint density at radius 3 is 3.08 bits per heavy atom. The zero-order chi connectivity index (χ0) is 9.68. The lowest BCUT2D eigenvalue weighted by molar-refractivity contribution is -0.137. The summed E-state index contributed by atoms with van der Waals surface area (Å²) in [5.74, 6) is -0.406. The quantitative estimate of drug-likeness (QED) is 0.672. The van der Waals surface area contributed by atoms with Crippen molar-refractivity contribution in [3.05, 3.63) is 12.2 Å². The standard InChI is InChI=1S/C9H15NO2S/c10-8(9(11)12)6-13-7-4-2-1-3-5-7/h2,4,7-8H,1,3,5-6,10H2,(H,11,12). The fourth-order valence-corrected chi connectivity index (χ4v) is 2.37. The third kappa shape index (κ3) is 3.83. The average Bonchev–Trinajstić information content (AvgIpc) is 2.15. The van der Waals surface area contributed by atoms with E-state index in [2.05, 4.69) is 12.2 Å². The molecule has 1 rings (SSSR count). The molecule has 0 fully saturated rings. The van der Waals surface area contributed by atoms with E-state index in [-0.39, 0.29) is 0 Å². The first-order valence-electron chi connectivity index (χ1n) is 4.47. The van der Waals surface area contributed by atoms with Crippen LogP contribution in [0.4, 0.5) is 0 Å². The van der Waals surface area contributed by atoms with Crippen LogP contribution in [0.5, 0.6) is 0 Å². The number of carboxylic acid groups (broad SMARTS) is 1. The molecule has 0 aliphatic heterocycles. The van der Waals surface area contributed by atoms with E-state index in [1.54, 1.807) is 11.8 Å². The Bertz CT molecular complexity index is 206. The highest BCUT2D eigenvalue weighted by Crippen LogP contribution is 2.23. The maximum absolute atomic E-state index is 10.4. The van der Waals surface area contributed by atoms with Gasteiger partial charge in [-0.25, -0.2) is 0 Å². The molecule has 3 N–H and O–H groups in total. The molecule has 74 valence electrons. The molecule has 3 nitrogen and oxygen atoms in total. The summed E-state index contributed by atoms with van der Waals surface area (Å²) in [6, 6.07) is -0.722. The molecule has 0 heterocycles. The summed E-state index contributed by atoms with van der Waals surface area (Å²) < 4.78 is 0. The number of rotatable bonds is 4. The lowest BCUT2D eigenvalue weighted by Crippen LogP contribution is -2.33. The second-order valence-corrected chi connectivity index (χ2v) is 4.45. The van der Waals surface area contributed by atoms with Crippen molar-refractivity contribution in [1.29, 1.82) is 0 Å². The Hall–Kier alpha value is -0.480. The molecule has 0 aromatic heterocycles. The fourth-order valence-electron chi connectivity index (χ4n) is 1.22. The van der Waals surface area contributed by atoms with Gasteiger partial charge in [0.15, 0.2) is 0 Å². The number of hydrogen-bond acceptors (Lipinski definition) is 3. The first kappa shape index (κ1) is 10.6. The summed E-state index contributed by atoms with van der Waals surface area (Å²) in [5, 5.41) is 9.03.